The Labute approximate surface area is 154 Å². The molecule has 1 aliphatic heterocycles. The number of benzene rings is 2. The van der Waals surface area contributed by atoms with Crippen LogP contribution in [0.2, 0.25) is 0 Å². The summed E-state index contributed by atoms with van der Waals surface area (Å²) in [4.78, 5) is 12.3. The molecule has 1 heterocycles. The molecule has 26 heavy (non-hydrogen) atoms. The minimum atomic E-state index is -0.527. The zero-order valence-corrected chi connectivity index (χ0v) is 15.0. The predicted molar refractivity (Wildman–Crippen MR) is 101 cm³/mol. The summed E-state index contributed by atoms with van der Waals surface area (Å²) in [6, 6.07) is 16.8. The van der Waals surface area contributed by atoms with E-state index in [1.807, 2.05) is 54.6 Å². The molecule has 1 fully saturated rings. The summed E-state index contributed by atoms with van der Waals surface area (Å²) in [5.41, 5.74) is 0.708. The van der Waals surface area contributed by atoms with Gasteiger partial charge in [-0.2, -0.15) is 0 Å². The van der Waals surface area contributed by atoms with Gasteiger partial charge in [-0.05, 0) is 62.6 Å². The first kappa shape index (κ1) is 18.4. The van der Waals surface area contributed by atoms with Crippen molar-refractivity contribution in [3.05, 3.63) is 54.6 Å². The summed E-state index contributed by atoms with van der Waals surface area (Å²) in [6.45, 7) is 3.00. The average Bonchev–Trinajstić information content (AvgIpc) is 2.69. The molecule has 0 radical (unpaired) electrons. The van der Waals surface area contributed by atoms with Crippen molar-refractivity contribution in [2.24, 2.45) is 0 Å². The molecule has 0 aliphatic carbocycles. The molecule has 0 aromatic heterocycles. The molecule has 1 aliphatic rings. The highest BCUT2D eigenvalue weighted by molar-refractivity contribution is 5.93. The van der Waals surface area contributed by atoms with E-state index >= 15 is 0 Å². The van der Waals surface area contributed by atoms with Crippen molar-refractivity contribution >= 4 is 11.6 Å². The van der Waals surface area contributed by atoms with Crippen molar-refractivity contribution in [2.75, 3.05) is 18.5 Å². The molecule has 5 heteroatoms. The van der Waals surface area contributed by atoms with Crippen LogP contribution in [0.15, 0.2) is 54.6 Å². The quantitative estimate of drug-likeness (QED) is 0.800. The first-order valence-corrected chi connectivity index (χ1v) is 9.08. The third-order valence-electron chi connectivity index (χ3n) is 4.28. The molecule has 0 unspecified atom stereocenters. The van der Waals surface area contributed by atoms with E-state index in [4.69, 9.17) is 14.2 Å². The molecule has 138 valence electrons. The third-order valence-corrected chi connectivity index (χ3v) is 4.28. The summed E-state index contributed by atoms with van der Waals surface area (Å²) >= 11 is 0. The molecule has 3 rings (SSSR count). The Morgan fingerprint density at radius 1 is 1.12 bits per heavy atom. The van der Waals surface area contributed by atoms with Crippen LogP contribution in [0.5, 0.6) is 11.5 Å². The van der Waals surface area contributed by atoms with Crippen LogP contribution in [-0.4, -0.2) is 31.3 Å². The van der Waals surface area contributed by atoms with Gasteiger partial charge >= 0.3 is 0 Å². The Morgan fingerprint density at radius 3 is 2.54 bits per heavy atom. The molecular formula is C21H25NO4. The zero-order chi connectivity index (χ0) is 18.2. The lowest BCUT2D eigenvalue weighted by molar-refractivity contribution is -0.130. The number of anilines is 1. The Kier molecular flexibility index (Phi) is 6.63. The lowest BCUT2D eigenvalue weighted by Crippen LogP contribution is -2.32. The molecule has 1 N–H and O–H groups in total. The number of hydrogen-bond acceptors (Lipinski definition) is 4. The first-order chi connectivity index (χ1) is 12.7. The molecule has 1 amide bonds. The zero-order valence-electron chi connectivity index (χ0n) is 15.0. The van der Waals surface area contributed by atoms with E-state index in [2.05, 4.69) is 5.32 Å². The Morgan fingerprint density at radius 2 is 1.85 bits per heavy atom. The Hall–Kier alpha value is -2.37. The predicted octanol–water partition coefficient (Wildman–Crippen LogP) is 4.39. The van der Waals surface area contributed by atoms with Crippen molar-refractivity contribution < 1.29 is 19.0 Å². The first-order valence-electron chi connectivity index (χ1n) is 9.08. The van der Waals surface area contributed by atoms with Crippen LogP contribution >= 0.6 is 0 Å². The Bertz CT molecular complexity index is 681. The maximum absolute atomic E-state index is 12.3. The van der Waals surface area contributed by atoms with Crippen LogP contribution in [0, 0.1) is 0 Å². The number of amides is 1. The number of carbonyl (C=O) groups is 1. The van der Waals surface area contributed by atoms with Gasteiger partial charge in [0.25, 0.3) is 5.91 Å². The van der Waals surface area contributed by atoms with Crippen molar-refractivity contribution in [2.45, 2.75) is 38.4 Å². The lowest BCUT2D eigenvalue weighted by atomic mass is 10.1. The van der Waals surface area contributed by atoms with Gasteiger partial charge in [0.1, 0.15) is 17.6 Å². The summed E-state index contributed by atoms with van der Waals surface area (Å²) in [5, 5.41) is 2.86. The minimum Gasteiger partial charge on any atom is -0.457 e. The van der Waals surface area contributed by atoms with Gasteiger partial charge in [-0.15, -0.1) is 0 Å². The second-order valence-corrected chi connectivity index (χ2v) is 6.39. The van der Waals surface area contributed by atoms with E-state index in [0.29, 0.717) is 18.0 Å². The highest BCUT2D eigenvalue weighted by Gasteiger charge is 2.19. The van der Waals surface area contributed by atoms with Crippen LogP contribution in [0.1, 0.15) is 26.2 Å². The maximum atomic E-state index is 12.3. The fourth-order valence-electron chi connectivity index (χ4n) is 2.74. The topological polar surface area (TPSA) is 56.8 Å². The van der Waals surface area contributed by atoms with Crippen LogP contribution in [0.4, 0.5) is 5.69 Å². The monoisotopic (exact) mass is 355 g/mol. The average molecular weight is 355 g/mol. The molecule has 5 nitrogen and oxygen atoms in total. The molecular weight excluding hydrogens is 330 g/mol. The molecule has 0 saturated carbocycles. The van der Waals surface area contributed by atoms with E-state index in [0.717, 1.165) is 31.6 Å². The number of nitrogens with one attached hydrogen (secondary N) is 1. The van der Waals surface area contributed by atoms with Gasteiger partial charge in [0.15, 0.2) is 0 Å². The van der Waals surface area contributed by atoms with Crippen LogP contribution < -0.4 is 10.1 Å². The highest BCUT2D eigenvalue weighted by atomic mass is 16.5. The van der Waals surface area contributed by atoms with E-state index in [9.17, 15) is 4.79 Å². The molecule has 2 aromatic carbocycles. The van der Waals surface area contributed by atoms with Crippen LogP contribution in [0.3, 0.4) is 0 Å². The van der Waals surface area contributed by atoms with Gasteiger partial charge in [-0.3, -0.25) is 4.79 Å². The van der Waals surface area contributed by atoms with Crippen molar-refractivity contribution in [3.8, 4) is 11.5 Å². The molecule has 2 atom stereocenters. The van der Waals surface area contributed by atoms with Crippen molar-refractivity contribution in [1.82, 2.24) is 0 Å². The minimum absolute atomic E-state index is 0.105. The Balaban J connectivity index is 1.46. The summed E-state index contributed by atoms with van der Waals surface area (Å²) in [7, 11) is 0. The van der Waals surface area contributed by atoms with Crippen LogP contribution in [-0.2, 0) is 14.3 Å². The van der Waals surface area contributed by atoms with Gasteiger partial charge in [-0.25, -0.2) is 0 Å². The molecule has 2 aromatic rings. The van der Waals surface area contributed by atoms with E-state index in [1.54, 1.807) is 6.92 Å². The van der Waals surface area contributed by atoms with E-state index in [1.165, 1.54) is 0 Å². The molecule has 1 saturated heterocycles. The second-order valence-electron chi connectivity index (χ2n) is 6.39. The van der Waals surface area contributed by atoms with E-state index in [-0.39, 0.29) is 12.0 Å². The van der Waals surface area contributed by atoms with Gasteiger partial charge in [0.2, 0.25) is 0 Å². The van der Waals surface area contributed by atoms with Crippen molar-refractivity contribution in [1.29, 1.82) is 0 Å². The largest absolute Gasteiger partial charge is 0.457 e. The molecule has 0 bridgehead atoms. The van der Waals surface area contributed by atoms with E-state index < -0.39 is 6.10 Å². The van der Waals surface area contributed by atoms with Gasteiger partial charge in [0, 0.05) is 12.3 Å². The summed E-state index contributed by atoms with van der Waals surface area (Å²) < 4.78 is 17.0. The molecule has 0 spiro atoms. The summed E-state index contributed by atoms with van der Waals surface area (Å²) in [5.74, 6) is 1.32. The number of carbonyl (C=O) groups excluding carboxylic acids is 1. The van der Waals surface area contributed by atoms with Gasteiger partial charge < -0.3 is 19.5 Å². The number of para-hydroxylation sites is 1. The normalized spacial score (nSPS) is 18.1. The smallest absolute Gasteiger partial charge is 0.253 e. The lowest BCUT2D eigenvalue weighted by Gasteiger charge is -2.23. The van der Waals surface area contributed by atoms with Gasteiger partial charge in [-0.1, -0.05) is 18.2 Å². The van der Waals surface area contributed by atoms with Crippen LogP contribution in [0.25, 0.3) is 0 Å². The number of hydrogen-bond donors (Lipinski definition) is 1. The maximum Gasteiger partial charge on any atom is 0.253 e. The highest BCUT2D eigenvalue weighted by Crippen LogP contribution is 2.22. The van der Waals surface area contributed by atoms with Gasteiger partial charge in [0.05, 0.1) is 12.7 Å². The SMILES string of the molecule is C[C@H](OC[C@H]1CCCCO1)C(=O)Nc1ccc(Oc2ccccc2)cc1. The number of ether oxygens (including phenoxy) is 3. The second kappa shape index (κ2) is 9.36. The van der Waals surface area contributed by atoms with Crippen molar-refractivity contribution in [3.63, 3.8) is 0 Å². The fourth-order valence-corrected chi connectivity index (χ4v) is 2.74. The summed E-state index contributed by atoms with van der Waals surface area (Å²) in [6.07, 6.45) is 2.84. The fraction of sp³-hybridized carbons (Fsp3) is 0.381. The number of rotatable bonds is 7. The standard InChI is InChI=1S/C21H25NO4/c1-16(25-15-20-9-5-6-14-24-20)21(23)22-17-10-12-19(13-11-17)26-18-7-3-2-4-8-18/h2-4,7-8,10-13,16,20H,5-6,9,14-15H2,1H3,(H,22,23)/t16-,20+/m0/s1. The third kappa shape index (κ3) is 5.58.